The lowest BCUT2D eigenvalue weighted by Crippen LogP contribution is -2.43. The highest BCUT2D eigenvalue weighted by atomic mass is 19.4. The van der Waals surface area contributed by atoms with E-state index in [-0.39, 0.29) is 34.9 Å². The van der Waals surface area contributed by atoms with Crippen LogP contribution in [-0.2, 0) is 0 Å². The van der Waals surface area contributed by atoms with Crippen molar-refractivity contribution in [2.45, 2.75) is 489 Å². The monoisotopic (exact) mass is 1350 g/mol. The minimum absolute atomic E-state index is 0.0556. The van der Waals surface area contributed by atoms with E-state index in [1.807, 2.05) is 69.2 Å². The molecule has 0 aromatic rings. The summed E-state index contributed by atoms with van der Waals surface area (Å²) < 4.78 is 85.1. The quantitative estimate of drug-likeness (QED) is 0.264. The fourth-order valence-electron chi connectivity index (χ4n) is 17.4. The molecule has 0 unspecified atom stereocenters. The summed E-state index contributed by atoms with van der Waals surface area (Å²) in [7, 11) is 0. The summed E-state index contributed by atoms with van der Waals surface area (Å²) in [4.78, 5) is 0. The SMILES string of the molecule is CC(C)(C)C.CC1CCC2(CC1)CC(C)(C)CC(C)(C)C2.CC1CCC2(CC1)CCC(C)(C)CC2.CC1CCC2(CCCC2)CC1.CC1CCC2(CCCCC2)CC1.CC[C@H](C)CC(F)(F)F.[2H]C(C)(C)C.[2H]C([2H])(C)C(C)(C)C.[2H]C([2H])(C)C(C)C.[2H]C1(C)CCCC1.[2H]C1(C)CCCCC1. The molecular weight excluding hydrogens is 1160 g/mol. The summed E-state index contributed by atoms with van der Waals surface area (Å²) in [5, 5.41) is 0. The maximum absolute atomic E-state index is 11.5. The van der Waals surface area contributed by atoms with Gasteiger partial charge in [0.1, 0.15) is 0 Å². The van der Waals surface area contributed by atoms with E-state index in [0.29, 0.717) is 33.5 Å². The van der Waals surface area contributed by atoms with Gasteiger partial charge in [0.2, 0.25) is 0 Å². The third-order valence-electron chi connectivity index (χ3n) is 24.0. The van der Waals surface area contributed by atoms with Gasteiger partial charge in [-0.2, -0.15) is 13.2 Å². The molecule has 0 saturated heterocycles. The molecule has 0 heterocycles. The lowest BCUT2D eigenvalue weighted by Gasteiger charge is -2.54. The zero-order valence-electron chi connectivity index (χ0n) is 77.5. The maximum atomic E-state index is 11.5. The standard InChI is InChI=1S/C16H30.C14H26.C12H22.C11H20.C7H14.C6H11F3.C6H12.C6H14.2C5H12.C4H10/c1-13-6-8-16(9-7-13)11-14(2,3)10-15(4,5)12-16;1-12-4-6-14(7-5-12)10-8-13(2,3)9-11-14;1-11-5-9-12(10-6-11)7-3-2-4-8-12;1-10-4-8-11(9-5-10)6-2-3-7-11;1-7-5-3-2-4-6-7;1-3-5(2)4-6(7,8)9;1-6-4-2-3-5-6;1-5-6(2,3)4;1-5(2,3)4;1-4-5(2)3;1-4(2)3/h13H,6-12H2,1-5H3;12H,4-11H2,1-3H3;11H,2-10H2,1H3;10H,2-9H2,1H3;7H,2-6H2,1H3;5H,3-4H2,1-2H3;6H,2-5H2,1H3;5H2,1-4H3;1-4H3;5H,4H2,1-3H3;4H,1-3H3/t;;;;;5-;;;;;/m.....0...../s1/i;;;;7D;;6D;5D2;;4D2;4D. The van der Waals surface area contributed by atoms with Crippen molar-refractivity contribution in [2.75, 3.05) is 0 Å². The third kappa shape index (κ3) is 49.9. The van der Waals surface area contributed by atoms with Gasteiger partial charge < -0.3 is 0 Å². The Bertz CT molecular complexity index is 2020. The van der Waals surface area contributed by atoms with E-state index in [2.05, 4.69) is 96.9 Å². The molecule has 572 valence electrons. The Balaban J connectivity index is 0.00000112. The fourth-order valence-corrected chi connectivity index (χ4v) is 17.4. The van der Waals surface area contributed by atoms with Crippen LogP contribution in [0.4, 0.5) is 13.2 Å². The molecule has 0 radical (unpaired) electrons. The molecule has 10 fully saturated rings. The first kappa shape index (κ1) is 82.1. The van der Waals surface area contributed by atoms with E-state index < -0.39 is 25.3 Å². The second-order valence-corrected chi connectivity index (χ2v) is 41.0. The van der Waals surface area contributed by atoms with Crippen LogP contribution in [0, 0.1) is 102 Å². The van der Waals surface area contributed by atoms with Gasteiger partial charge in [0.05, 0.1) is 0 Å². The largest absolute Gasteiger partial charge is 0.389 e. The molecule has 10 aliphatic rings. The van der Waals surface area contributed by atoms with Crippen LogP contribution in [0.5, 0.6) is 0 Å². The van der Waals surface area contributed by atoms with Gasteiger partial charge in [0.15, 0.2) is 0 Å². The first-order valence-corrected chi connectivity index (χ1v) is 41.5. The molecule has 4 spiro atoms. The zero-order valence-corrected chi connectivity index (χ0v) is 70.5. The van der Waals surface area contributed by atoms with Gasteiger partial charge >= 0.3 is 6.18 Å². The highest BCUT2D eigenvalue weighted by molar-refractivity contribution is 4.99. The second kappa shape index (κ2) is 46.5. The van der Waals surface area contributed by atoms with E-state index >= 15 is 0 Å². The first-order valence-electron chi connectivity index (χ1n) is 45.0. The Hall–Kier alpha value is -0.210. The predicted molar refractivity (Wildman–Crippen MR) is 426 cm³/mol. The summed E-state index contributed by atoms with van der Waals surface area (Å²) in [5.41, 5.74) is 5.25. The lowest BCUT2D eigenvalue weighted by atomic mass is 9.51. The van der Waals surface area contributed by atoms with Gasteiger partial charge in [0, 0.05) is 16.0 Å². The smallest absolute Gasteiger partial charge is 0.171 e. The fraction of sp³-hybridized carbons (Fsp3) is 1.00. The van der Waals surface area contributed by atoms with Crippen LogP contribution in [0.1, 0.15) is 492 Å². The summed E-state index contributed by atoms with van der Waals surface area (Å²) in [6, 6.07) is 0. The van der Waals surface area contributed by atoms with Crippen molar-refractivity contribution in [2.24, 2.45) is 102 Å². The Labute approximate surface area is 610 Å². The highest BCUT2D eigenvalue weighted by Gasteiger charge is 2.48. The van der Waals surface area contributed by atoms with Gasteiger partial charge in [-0.1, -0.05) is 354 Å². The molecule has 10 saturated carbocycles. The minimum atomic E-state index is -3.98. The molecule has 0 aromatic heterocycles. The van der Waals surface area contributed by atoms with Crippen LogP contribution < -0.4 is 0 Å². The van der Waals surface area contributed by atoms with Crippen LogP contribution in [-0.4, -0.2) is 6.18 Å². The summed E-state index contributed by atoms with van der Waals surface area (Å²) in [6.45, 7) is 59.0. The highest BCUT2D eigenvalue weighted by Crippen LogP contribution is 2.60. The molecule has 95 heavy (non-hydrogen) atoms. The Morgan fingerprint density at radius 2 is 0.621 bits per heavy atom. The number of rotatable bonds is 3. The number of halogens is 3. The molecule has 0 N–H and O–H groups in total. The third-order valence-corrected chi connectivity index (χ3v) is 24.0. The molecule has 0 bridgehead atoms. The molecule has 0 amide bonds. The molecule has 0 aromatic carbocycles. The van der Waals surface area contributed by atoms with Crippen LogP contribution in [0.3, 0.4) is 0 Å². The van der Waals surface area contributed by atoms with Crippen molar-refractivity contribution < 1.29 is 22.8 Å². The van der Waals surface area contributed by atoms with Crippen LogP contribution >= 0.6 is 0 Å². The van der Waals surface area contributed by atoms with Crippen molar-refractivity contribution in [3.05, 3.63) is 0 Å². The summed E-state index contributed by atoms with van der Waals surface area (Å²) in [5.74, 6) is 3.57. The van der Waals surface area contributed by atoms with Crippen molar-refractivity contribution in [1.29, 1.82) is 0 Å². The Morgan fingerprint density at radius 3 is 0.842 bits per heavy atom. The van der Waals surface area contributed by atoms with E-state index in [9.17, 15) is 13.2 Å². The van der Waals surface area contributed by atoms with E-state index in [1.54, 1.807) is 79.1 Å². The van der Waals surface area contributed by atoms with Gasteiger partial charge in [-0.05, 0) is 224 Å². The molecule has 3 heteroatoms. The maximum Gasteiger partial charge on any atom is 0.389 e. The average Bonchev–Trinajstić information content (AvgIpc) is 0.933. The number of hydrogen-bond donors (Lipinski definition) is 0. The Kier molecular flexibility index (Phi) is 40.2. The lowest BCUT2D eigenvalue weighted by molar-refractivity contribution is -0.143. The summed E-state index contributed by atoms with van der Waals surface area (Å²) in [6.07, 6.45) is 53.3. The van der Waals surface area contributed by atoms with Crippen LogP contribution in [0.25, 0.3) is 0 Å². The number of alkyl halides is 3. The van der Waals surface area contributed by atoms with E-state index in [0.717, 1.165) is 65.6 Å². The first-order chi connectivity index (χ1) is 45.9. The van der Waals surface area contributed by atoms with Gasteiger partial charge in [-0.15, -0.1) is 0 Å². The minimum Gasteiger partial charge on any atom is -0.171 e. The number of hydrogen-bond acceptors (Lipinski definition) is 0. The average molecular weight is 1350 g/mol. The predicted octanol–water partition coefficient (Wildman–Crippen LogP) is 34.1. The van der Waals surface area contributed by atoms with E-state index in [1.165, 1.54) is 186 Å². The van der Waals surface area contributed by atoms with E-state index in [4.69, 9.17) is 9.60 Å². The van der Waals surface area contributed by atoms with Crippen LogP contribution in [0.15, 0.2) is 0 Å². The van der Waals surface area contributed by atoms with Crippen molar-refractivity contribution >= 4 is 0 Å². The molecule has 10 aliphatic carbocycles. The molecule has 0 aliphatic heterocycles. The topological polar surface area (TPSA) is 0 Å². The molecule has 1 atom stereocenters. The molecule has 0 nitrogen and oxygen atoms in total. The molecule has 10 rings (SSSR count). The Morgan fingerprint density at radius 1 is 0.379 bits per heavy atom. The van der Waals surface area contributed by atoms with Crippen molar-refractivity contribution in [3.8, 4) is 0 Å². The summed E-state index contributed by atoms with van der Waals surface area (Å²) >= 11 is 0. The van der Waals surface area contributed by atoms with Crippen molar-refractivity contribution in [3.63, 3.8) is 0 Å². The van der Waals surface area contributed by atoms with Gasteiger partial charge in [-0.25, -0.2) is 0 Å². The van der Waals surface area contributed by atoms with Crippen molar-refractivity contribution in [1.82, 2.24) is 0 Å². The molecular formula is C92H183F3. The van der Waals surface area contributed by atoms with Gasteiger partial charge in [0.25, 0.3) is 0 Å². The van der Waals surface area contributed by atoms with Gasteiger partial charge in [-0.3, -0.25) is 0 Å². The van der Waals surface area contributed by atoms with Crippen LogP contribution in [0.2, 0.25) is 0 Å². The normalized spacial score (nSPS) is 27.1. The second-order valence-electron chi connectivity index (χ2n) is 41.0. The zero-order chi connectivity index (χ0) is 79.4.